The molecule has 0 aliphatic carbocycles. The molecule has 1 aromatic carbocycles. The largest absolute Gasteiger partial charge is 0.308 e. The average molecular weight is 241 g/mol. The van der Waals surface area contributed by atoms with E-state index < -0.39 is 0 Å². The average Bonchev–Trinajstić information content (AvgIpc) is 2.37. The Morgan fingerprint density at radius 2 is 1.78 bits per heavy atom. The summed E-state index contributed by atoms with van der Waals surface area (Å²) in [5.74, 6) is 0. The Balaban J connectivity index is 2.07. The summed E-state index contributed by atoms with van der Waals surface area (Å²) in [4.78, 5) is 0. The highest BCUT2D eigenvalue weighted by Gasteiger charge is 2.08. The second kappa shape index (κ2) is 5.27. The Hall–Kier alpha value is -1.74. The van der Waals surface area contributed by atoms with E-state index in [4.69, 9.17) is 0 Å². The van der Waals surface area contributed by atoms with Gasteiger partial charge in [0.25, 0.3) is 0 Å². The third-order valence-corrected chi connectivity index (χ3v) is 2.64. The van der Waals surface area contributed by atoms with E-state index in [0.29, 0.717) is 0 Å². The maximum Gasteiger partial charge on any atom is 0.0929 e. The van der Waals surface area contributed by atoms with Gasteiger partial charge < -0.3 is 5.32 Å². The maximum absolute atomic E-state index is 4.10. The first-order chi connectivity index (χ1) is 8.54. The second-order valence-corrected chi connectivity index (χ2v) is 5.41. The van der Waals surface area contributed by atoms with E-state index in [2.05, 4.69) is 60.6 Å². The topological polar surface area (TPSA) is 37.8 Å². The zero-order valence-corrected chi connectivity index (χ0v) is 11.1. The standard InChI is InChI=1S/C15H19N3/c1-15(2,3)16-11-12-6-8-13(9-7-12)14-5-4-10-17-18-14/h4-10,16H,11H2,1-3H3. The predicted octanol–water partition coefficient (Wildman–Crippen LogP) is 3.03. The molecule has 3 nitrogen and oxygen atoms in total. The fourth-order valence-corrected chi connectivity index (χ4v) is 1.62. The monoisotopic (exact) mass is 241 g/mol. The number of nitrogens with one attached hydrogen (secondary N) is 1. The molecule has 0 saturated carbocycles. The van der Waals surface area contributed by atoms with Gasteiger partial charge in [0.2, 0.25) is 0 Å². The zero-order valence-electron chi connectivity index (χ0n) is 11.1. The molecule has 0 aliphatic heterocycles. The second-order valence-electron chi connectivity index (χ2n) is 5.41. The lowest BCUT2D eigenvalue weighted by molar-refractivity contribution is 0.424. The highest BCUT2D eigenvalue weighted by atomic mass is 15.1. The molecule has 0 unspecified atom stereocenters. The number of nitrogens with zero attached hydrogens (tertiary/aromatic N) is 2. The molecule has 0 fully saturated rings. The number of hydrogen-bond donors (Lipinski definition) is 1. The lowest BCUT2D eigenvalue weighted by Crippen LogP contribution is -2.35. The first-order valence-corrected chi connectivity index (χ1v) is 6.17. The molecule has 0 bridgehead atoms. The van der Waals surface area contributed by atoms with Gasteiger partial charge >= 0.3 is 0 Å². The van der Waals surface area contributed by atoms with Crippen LogP contribution in [0.4, 0.5) is 0 Å². The summed E-state index contributed by atoms with van der Waals surface area (Å²) in [6.45, 7) is 7.38. The lowest BCUT2D eigenvalue weighted by Gasteiger charge is -2.20. The molecule has 0 atom stereocenters. The Labute approximate surface area is 108 Å². The minimum absolute atomic E-state index is 0.142. The number of rotatable bonds is 3. The third kappa shape index (κ3) is 3.64. The Morgan fingerprint density at radius 3 is 2.33 bits per heavy atom. The van der Waals surface area contributed by atoms with Crippen LogP contribution in [0.2, 0.25) is 0 Å². The van der Waals surface area contributed by atoms with Crippen LogP contribution in [-0.2, 0) is 6.54 Å². The summed E-state index contributed by atoms with van der Waals surface area (Å²) in [6.07, 6.45) is 1.69. The van der Waals surface area contributed by atoms with Crippen molar-refractivity contribution in [2.75, 3.05) is 0 Å². The summed E-state index contributed by atoms with van der Waals surface area (Å²) in [7, 11) is 0. The quantitative estimate of drug-likeness (QED) is 0.897. The summed E-state index contributed by atoms with van der Waals surface area (Å²) < 4.78 is 0. The van der Waals surface area contributed by atoms with Crippen LogP contribution >= 0.6 is 0 Å². The molecule has 0 radical (unpaired) electrons. The molecular weight excluding hydrogens is 222 g/mol. The van der Waals surface area contributed by atoms with Crippen molar-refractivity contribution in [3.05, 3.63) is 48.2 Å². The predicted molar refractivity (Wildman–Crippen MR) is 74.1 cm³/mol. The summed E-state index contributed by atoms with van der Waals surface area (Å²) in [5, 5.41) is 11.5. The van der Waals surface area contributed by atoms with Crippen molar-refractivity contribution >= 4 is 0 Å². The van der Waals surface area contributed by atoms with Gasteiger partial charge in [0.15, 0.2) is 0 Å². The smallest absolute Gasteiger partial charge is 0.0929 e. The minimum atomic E-state index is 0.142. The van der Waals surface area contributed by atoms with Crippen molar-refractivity contribution < 1.29 is 0 Å². The summed E-state index contributed by atoms with van der Waals surface area (Å²) >= 11 is 0. The molecule has 0 spiro atoms. The van der Waals surface area contributed by atoms with Crippen molar-refractivity contribution in [3.8, 4) is 11.3 Å². The van der Waals surface area contributed by atoms with E-state index in [-0.39, 0.29) is 5.54 Å². The van der Waals surface area contributed by atoms with Crippen LogP contribution in [-0.4, -0.2) is 15.7 Å². The number of benzene rings is 1. The van der Waals surface area contributed by atoms with Crippen LogP contribution in [0.3, 0.4) is 0 Å². The van der Waals surface area contributed by atoms with E-state index in [1.165, 1.54) is 5.56 Å². The molecule has 0 aliphatic rings. The van der Waals surface area contributed by atoms with Crippen molar-refractivity contribution in [1.29, 1.82) is 0 Å². The van der Waals surface area contributed by atoms with Gasteiger partial charge in [-0.05, 0) is 38.5 Å². The van der Waals surface area contributed by atoms with Crippen LogP contribution in [0.1, 0.15) is 26.3 Å². The van der Waals surface area contributed by atoms with Gasteiger partial charge in [-0.2, -0.15) is 10.2 Å². The molecule has 18 heavy (non-hydrogen) atoms. The van der Waals surface area contributed by atoms with E-state index in [1.54, 1.807) is 6.20 Å². The maximum atomic E-state index is 4.10. The molecule has 0 amide bonds. The summed E-state index contributed by atoms with van der Waals surface area (Å²) in [5.41, 5.74) is 3.43. The molecule has 2 rings (SSSR count). The van der Waals surface area contributed by atoms with Gasteiger partial charge in [0.1, 0.15) is 0 Å². The van der Waals surface area contributed by atoms with Crippen LogP contribution in [0.25, 0.3) is 11.3 Å². The lowest BCUT2D eigenvalue weighted by atomic mass is 10.1. The van der Waals surface area contributed by atoms with E-state index in [9.17, 15) is 0 Å². The van der Waals surface area contributed by atoms with Crippen molar-refractivity contribution in [2.45, 2.75) is 32.9 Å². The third-order valence-electron chi connectivity index (χ3n) is 2.64. The number of aromatic nitrogens is 2. The zero-order chi connectivity index (χ0) is 13.0. The highest BCUT2D eigenvalue weighted by Crippen LogP contribution is 2.16. The molecule has 0 saturated heterocycles. The fraction of sp³-hybridized carbons (Fsp3) is 0.333. The van der Waals surface area contributed by atoms with Crippen molar-refractivity contribution in [1.82, 2.24) is 15.5 Å². The van der Waals surface area contributed by atoms with Crippen molar-refractivity contribution in [2.24, 2.45) is 0 Å². The Morgan fingerprint density at radius 1 is 1.06 bits per heavy atom. The van der Waals surface area contributed by atoms with Crippen LogP contribution in [0, 0.1) is 0 Å². The van der Waals surface area contributed by atoms with Crippen LogP contribution < -0.4 is 5.32 Å². The SMILES string of the molecule is CC(C)(C)NCc1ccc(-c2cccnn2)cc1. The molecule has 2 aromatic rings. The van der Waals surface area contributed by atoms with Crippen LogP contribution in [0.15, 0.2) is 42.6 Å². The minimum Gasteiger partial charge on any atom is -0.308 e. The van der Waals surface area contributed by atoms with Gasteiger partial charge in [-0.15, -0.1) is 0 Å². The molecule has 1 aromatic heterocycles. The van der Waals surface area contributed by atoms with E-state index in [0.717, 1.165) is 17.8 Å². The summed E-state index contributed by atoms with van der Waals surface area (Å²) in [6, 6.07) is 12.3. The number of hydrogen-bond acceptors (Lipinski definition) is 3. The van der Waals surface area contributed by atoms with E-state index in [1.807, 2.05) is 12.1 Å². The molecule has 3 heteroatoms. The van der Waals surface area contributed by atoms with Gasteiger partial charge in [0, 0.05) is 23.8 Å². The first-order valence-electron chi connectivity index (χ1n) is 6.17. The van der Waals surface area contributed by atoms with Gasteiger partial charge in [-0.1, -0.05) is 24.3 Å². The van der Waals surface area contributed by atoms with Crippen LogP contribution in [0.5, 0.6) is 0 Å². The molecule has 94 valence electrons. The van der Waals surface area contributed by atoms with Gasteiger partial charge in [-0.3, -0.25) is 0 Å². The van der Waals surface area contributed by atoms with Gasteiger partial charge in [-0.25, -0.2) is 0 Å². The Bertz CT molecular complexity index is 483. The normalized spacial score (nSPS) is 11.5. The van der Waals surface area contributed by atoms with Gasteiger partial charge in [0.05, 0.1) is 5.69 Å². The first kappa shape index (κ1) is 12.7. The molecule has 1 heterocycles. The molecule has 1 N–H and O–H groups in total. The molecular formula is C15H19N3. The Kier molecular flexibility index (Phi) is 3.72. The highest BCUT2D eigenvalue weighted by molar-refractivity contribution is 5.58. The van der Waals surface area contributed by atoms with Crippen molar-refractivity contribution in [3.63, 3.8) is 0 Å². The van der Waals surface area contributed by atoms with E-state index >= 15 is 0 Å². The fourth-order valence-electron chi connectivity index (χ4n) is 1.62.